The average molecular weight is 277 g/mol. The van der Waals surface area contributed by atoms with Crippen molar-refractivity contribution < 1.29 is 9.84 Å². The average Bonchev–Trinajstić information content (AvgIpc) is 2.32. The van der Waals surface area contributed by atoms with E-state index in [1.54, 1.807) is 13.2 Å². The molecule has 1 aromatic rings. The summed E-state index contributed by atoms with van der Waals surface area (Å²) >= 11 is 12.0. The van der Waals surface area contributed by atoms with E-state index in [-0.39, 0.29) is 6.10 Å². The molecule has 2 unspecified atom stereocenters. The monoisotopic (exact) mass is 276 g/mol. The first-order valence-corrected chi connectivity index (χ1v) is 6.44. The highest BCUT2D eigenvalue weighted by atomic mass is 35.5. The van der Waals surface area contributed by atoms with Gasteiger partial charge in [-0.05, 0) is 37.8 Å². The molecule has 17 heavy (non-hydrogen) atoms. The van der Waals surface area contributed by atoms with Crippen LogP contribution in [0, 0.1) is 0 Å². The molecule has 1 rings (SSSR count). The van der Waals surface area contributed by atoms with E-state index in [4.69, 9.17) is 27.9 Å². The molecule has 4 heteroatoms. The Morgan fingerprint density at radius 2 is 2.00 bits per heavy atom. The van der Waals surface area contributed by atoms with Gasteiger partial charge < -0.3 is 9.84 Å². The number of methoxy groups -OCH3 is 1. The zero-order chi connectivity index (χ0) is 12.8. The van der Waals surface area contributed by atoms with Crippen molar-refractivity contribution in [1.82, 2.24) is 0 Å². The van der Waals surface area contributed by atoms with Crippen LogP contribution >= 0.6 is 23.2 Å². The summed E-state index contributed by atoms with van der Waals surface area (Å²) in [6.45, 7) is 1.99. The first-order chi connectivity index (χ1) is 8.04. The van der Waals surface area contributed by atoms with Gasteiger partial charge in [-0.15, -0.1) is 0 Å². The lowest BCUT2D eigenvalue weighted by atomic mass is 10.0. The Balaban J connectivity index is 2.50. The lowest BCUT2D eigenvalue weighted by Gasteiger charge is -2.14. The van der Waals surface area contributed by atoms with Crippen LogP contribution < -0.4 is 0 Å². The standard InChI is InChI=1S/C13H18Cl2O2/c1-9(17-2)6-7-11(16)8-10-4-3-5-12(14)13(10)15/h3-5,9,11,16H,6-8H2,1-2H3. The van der Waals surface area contributed by atoms with E-state index in [1.807, 2.05) is 19.1 Å². The van der Waals surface area contributed by atoms with E-state index in [2.05, 4.69) is 0 Å². The van der Waals surface area contributed by atoms with E-state index < -0.39 is 6.10 Å². The van der Waals surface area contributed by atoms with E-state index in [0.717, 1.165) is 12.0 Å². The molecule has 0 aliphatic carbocycles. The molecule has 0 bridgehead atoms. The number of hydrogen-bond donors (Lipinski definition) is 1. The fourth-order valence-electron chi connectivity index (χ4n) is 1.61. The van der Waals surface area contributed by atoms with Gasteiger partial charge >= 0.3 is 0 Å². The molecule has 0 amide bonds. The number of rotatable bonds is 6. The number of aliphatic hydroxyl groups excluding tert-OH is 1. The predicted molar refractivity (Wildman–Crippen MR) is 71.9 cm³/mol. The molecule has 2 nitrogen and oxygen atoms in total. The van der Waals surface area contributed by atoms with Crippen molar-refractivity contribution in [2.45, 2.75) is 38.4 Å². The van der Waals surface area contributed by atoms with Crippen molar-refractivity contribution >= 4 is 23.2 Å². The second-order valence-electron chi connectivity index (χ2n) is 4.19. The summed E-state index contributed by atoms with van der Waals surface area (Å²) in [5, 5.41) is 11.0. The SMILES string of the molecule is COC(C)CCC(O)Cc1cccc(Cl)c1Cl. The molecule has 0 aliphatic rings. The molecule has 96 valence electrons. The van der Waals surface area contributed by atoms with Crippen LogP contribution in [-0.2, 0) is 11.2 Å². The molecular formula is C13H18Cl2O2. The van der Waals surface area contributed by atoms with Gasteiger partial charge in [-0.2, -0.15) is 0 Å². The largest absolute Gasteiger partial charge is 0.393 e. The van der Waals surface area contributed by atoms with Gasteiger partial charge in [0.25, 0.3) is 0 Å². The zero-order valence-electron chi connectivity index (χ0n) is 10.1. The second-order valence-corrected chi connectivity index (χ2v) is 4.98. The van der Waals surface area contributed by atoms with Gasteiger partial charge in [0.15, 0.2) is 0 Å². The summed E-state index contributed by atoms with van der Waals surface area (Å²) in [4.78, 5) is 0. The smallest absolute Gasteiger partial charge is 0.0625 e. The minimum atomic E-state index is -0.413. The van der Waals surface area contributed by atoms with Crippen molar-refractivity contribution in [3.05, 3.63) is 33.8 Å². The van der Waals surface area contributed by atoms with E-state index >= 15 is 0 Å². The van der Waals surface area contributed by atoms with Gasteiger partial charge in [-0.3, -0.25) is 0 Å². The highest BCUT2D eigenvalue weighted by molar-refractivity contribution is 6.42. The van der Waals surface area contributed by atoms with Crippen LogP contribution in [0.5, 0.6) is 0 Å². The van der Waals surface area contributed by atoms with Gasteiger partial charge in [0.2, 0.25) is 0 Å². The Bertz CT molecular complexity index is 355. The van der Waals surface area contributed by atoms with Gasteiger partial charge in [-0.1, -0.05) is 35.3 Å². The van der Waals surface area contributed by atoms with Crippen LogP contribution in [0.25, 0.3) is 0 Å². The molecule has 0 spiro atoms. The summed E-state index contributed by atoms with van der Waals surface area (Å²) in [6.07, 6.45) is 1.80. The molecular weight excluding hydrogens is 259 g/mol. The molecule has 0 heterocycles. The second kappa shape index (κ2) is 7.22. The zero-order valence-corrected chi connectivity index (χ0v) is 11.6. The first-order valence-electron chi connectivity index (χ1n) is 5.68. The van der Waals surface area contributed by atoms with Crippen molar-refractivity contribution in [3.63, 3.8) is 0 Å². The number of benzene rings is 1. The van der Waals surface area contributed by atoms with Crippen molar-refractivity contribution in [2.24, 2.45) is 0 Å². The van der Waals surface area contributed by atoms with Gasteiger partial charge in [0.1, 0.15) is 0 Å². The third-order valence-corrected chi connectivity index (χ3v) is 3.65. The quantitative estimate of drug-likeness (QED) is 0.858. The van der Waals surface area contributed by atoms with Crippen LogP contribution in [0.4, 0.5) is 0 Å². The van der Waals surface area contributed by atoms with Gasteiger partial charge in [-0.25, -0.2) is 0 Å². The Hall–Kier alpha value is -0.280. The molecule has 0 radical (unpaired) electrons. The Kier molecular flexibility index (Phi) is 6.28. The molecule has 0 saturated carbocycles. The van der Waals surface area contributed by atoms with E-state index in [0.29, 0.717) is 22.9 Å². The topological polar surface area (TPSA) is 29.5 Å². The lowest BCUT2D eigenvalue weighted by molar-refractivity contribution is 0.0851. The van der Waals surface area contributed by atoms with E-state index in [9.17, 15) is 5.11 Å². The third-order valence-electron chi connectivity index (χ3n) is 2.80. The molecule has 0 saturated heterocycles. The molecule has 0 aromatic heterocycles. The van der Waals surface area contributed by atoms with Gasteiger partial charge in [0.05, 0.1) is 22.3 Å². The third kappa shape index (κ3) is 4.84. The van der Waals surface area contributed by atoms with Crippen molar-refractivity contribution in [1.29, 1.82) is 0 Å². The minimum absolute atomic E-state index is 0.166. The normalized spacial score (nSPS) is 14.6. The molecule has 0 aliphatic heterocycles. The fraction of sp³-hybridized carbons (Fsp3) is 0.538. The maximum absolute atomic E-state index is 9.91. The summed E-state index contributed by atoms with van der Waals surface area (Å²) in [6, 6.07) is 5.47. The Morgan fingerprint density at radius 1 is 1.29 bits per heavy atom. The van der Waals surface area contributed by atoms with Crippen LogP contribution in [-0.4, -0.2) is 24.4 Å². The first kappa shape index (κ1) is 14.8. The number of hydrogen-bond acceptors (Lipinski definition) is 2. The number of ether oxygens (including phenoxy) is 1. The van der Waals surface area contributed by atoms with Crippen LogP contribution in [0.3, 0.4) is 0 Å². The maximum atomic E-state index is 9.91. The van der Waals surface area contributed by atoms with E-state index in [1.165, 1.54) is 0 Å². The van der Waals surface area contributed by atoms with Crippen LogP contribution in [0.1, 0.15) is 25.3 Å². The van der Waals surface area contributed by atoms with Crippen molar-refractivity contribution in [2.75, 3.05) is 7.11 Å². The fourth-order valence-corrected chi connectivity index (χ4v) is 2.00. The summed E-state index contributed by atoms with van der Waals surface area (Å²) < 4.78 is 5.14. The lowest BCUT2D eigenvalue weighted by Crippen LogP contribution is -2.15. The summed E-state index contributed by atoms with van der Waals surface area (Å²) in [7, 11) is 1.67. The Labute approximate surface area is 113 Å². The van der Waals surface area contributed by atoms with Crippen LogP contribution in [0.15, 0.2) is 18.2 Å². The minimum Gasteiger partial charge on any atom is -0.393 e. The predicted octanol–water partition coefficient (Wildman–Crippen LogP) is 3.71. The molecule has 0 fully saturated rings. The van der Waals surface area contributed by atoms with Crippen molar-refractivity contribution in [3.8, 4) is 0 Å². The maximum Gasteiger partial charge on any atom is 0.0625 e. The number of halogens is 2. The molecule has 2 atom stereocenters. The van der Waals surface area contributed by atoms with Crippen LogP contribution in [0.2, 0.25) is 10.0 Å². The summed E-state index contributed by atoms with van der Waals surface area (Å²) in [5.74, 6) is 0. The Morgan fingerprint density at radius 3 is 2.65 bits per heavy atom. The van der Waals surface area contributed by atoms with Gasteiger partial charge in [0, 0.05) is 7.11 Å². The molecule has 1 N–H and O–H groups in total. The summed E-state index contributed by atoms with van der Waals surface area (Å²) in [5.41, 5.74) is 0.886. The highest BCUT2D eigenvalue weighted by Crippen LogP contribution is 2.26. The molecule has 1 aromatic carbocycles. The number of aliphatic hydroxyl groups is 1. The highest BCUT2D eigenvalue weighted by Gasteiger charge is 2.11.